The van der Waals surface area contributed by atoms with Crippen LogP contribution >= 0.6 is 15.9 Å². The third kappa shape index (κ3) is 2.37. The number of hydroxylamine groups is 2. The van der Waals surface area contributed by atoms with Gasteiger partial charge in [0.1, 0.15) is 12.2 Å². The maximum absolute atomic E-state index is 5.57. The highest BCUT2D eigenvalue weighted by Gasteiger charge is 2.40. The van der Waals surface area contributed by atoms with Crippen LogP contribution in [0.25, 0.3) is 0 Å². The highest BCUT2D eigenvalue weighted by molar-refractivity contribution is 9.10. The van der Waals surface area contributed by atoms with Gasteiger partial charge >= 0.3 is 0 Å². The topological polar surface area (TPSA) is 37.3 Å². The van der Waals surface area contributed by atoms with Gasteiger partial charge in [-0.3, -0.25) is 9.83 Å². The molecule has 2 unspecified atom stereocenters. The Balaban J connectivity index is 1.81. The first kappa shape index (κ1) is 15.5. The zero-order valence-corrected chi connectivity index (χ0v) is 15.1. The molecule has 0 amide bonds. The highest BCUT2D eigenvalue weighted by atomic mass is 79.9. The predicted octanol–water partition coefficient (Wildman–Crippen LogP) is 3.61. The van der Waals surface area contributed by atoms with Crippen LogP contribution in [0.3, 0.4) is 0 Å². The average Bonchev–Trinajstić information content (AvgIpc) is 2.61. The first-order chi connectivity index (χ1) is 11.7. The van der Waals surface area contributed by atoms with Gasteiger partial charge in [-0.15, -0.1) is 0 Å². The summed E-state index contributed by atoms with van der Waals surface area (Å²) in [5, 5.41) is 1.79. The molecule has 5 nitrogen and oxygen atoms in total. The standard InChI is InChI=1S/C18H18BrN3O2/c1-23-16-10-12-6-8-20-18-17(12)15(22(16)24-2)7-9-21(18)14-5-3-4-13(19)11-14/h3-5,7-11,15,18H,6H2,1-2H3. The molecule has 0 N–H and O–H groups in total. The molecule has 3 aliphatic rings. The van der Waals surface area contributed by atoms with Crippen LogP contribution in [-0.2, 0) is 9.57 Å². The normalized spacial score (nSPS) is 24.9. The summed E-state index contributed by atoms with van der Waals surface area (Å²) in [5.74, 6) is 0.718. The van der Waals surface area contributed by atoms with Crippen molar-refractivity contribution in [1.82, 2.24) is 5.06 Å². The number of hydrogen-bond donors (Lipinski definition) is 0. The van der Waals surface area contributed by atoms with Gasteiger partial charge in [0, 0.05) is 40.6 Å². The van der Waals surface area contributed by atoms with Crippen LogP contribution < -0.4 is 4.90 Å². The molecule has 0 radical (unpaired) electrons. The second kappa shape index (κ2) is 6.11. The van der Waals surface area contributed by atoms with Crippen LogP contribution in [0.15, 0.2) is 69.1 Å². The van der Waals surface area contributed by atoms with Gasteiger partial charge in [-0.1, -0.05) is 22.0 Å². The van der Waals surface area contributed by atoms with Gasteiger partial charge in [0.25, 0.3) is 0 Å². The molecule has 0 spiro atoms. The van der Waals surface area contributed by atoms with Crippen molar-refractivity contribution in [3.63, 3.8) is 0 Å². The molecular weight excluding hydrogens is 370 g/mol. The number of hydrogen-bond acceptors (Lipinski definition) is 5. The molecule has 124 valence electrons. The third-order valence-electron chi connectivity index (χ3n) is 4.50. The van der Waals surface area contributed by atoms with E-state index >= 15 is 0 Å². The van der Waals surface area contributed by atoms with Crippen molar-refractivity contribution in [1.29, 1.82) is 0 Å². The van der Waals surface area contributed by atoms with Gasteiger partial charge in [-0.25, -0.2) is 5.06 Å². The molecule has 6 heteroatoms. The number of halogens is 1. The van der Waals surface area contributed by atoms with E-state index in [-0.39, 0.29) is 12.2 Å². The van der Waals surface area contributed by atoms with E-state index in [1.807, 2.05) is 24.4 Å². The van der Waals surface area contributed by atoms with Crippen LogP contribution in [0.5, 0.6) is 0 Å². The van der Waals surface area contributed by atoms with E-state index in [2.05, 4.69) is 45.2 Å². The summed E-state index contributed by atoms with van der Waals surface area (Å²) >= 11 is 3.55. The molecule has 0 saturated carbocycles. The van der Waals surface area contributed by atoms with Crippen molar-refractivity contribution in [2.24, 2.45) is 4.99 Å². The number of aliphatic imine (C=N–C) groups is 1. The Morgan fingerprint density at radius 1 is 1.29 bits per heavy atom. The van der Waals surface area contributed by atoms with E-state index < -0.39 is 0 Å². The number of rotatable bonds is 3. The Kier molecular flexibility index (Phi) is 3.94. The maximum atomic E-state index is 5.57. The largest absolute Gasteiger partial charge is 0.481 e. The first-order valence-electron chi connectivity index (χ1n) is 7.78. The molecule has 24 heavy (non-hydrogen) atoms. The molecule has 1 aromatic rings. The Morgan fingerprint density at radius 2 is 2.17 bits per heavy atom. The summed E-state index contributed by atoms with van der Waals surface area (Å²) in [4.78, 5) is 12.5. The lowest BCUT2D eigenvalue weighted by molar-refractivity contribution is -0.150. The van der Waals surface area contributed by atoms with Gasteiger partial charge in [-0.05, 0) is 29.8 Å². The predicted molar refractivity (Wildman–Crippen MR) is 97.4 cm³/mol. The van der Waals surface area contributed by atoms with E-state index in [0.29, 0.717) is 0 Å². The molecule has 0 aromatic heterocycles. The number of allylic oxidation sites excluding steroid dienone is 2. The molecule has 3 aliphatic heterocycles. The number of ether oxygens (including phenoxy) is 1. The van der Waals surface area contributed by atoms with Gasteiger partial charge in [0.15, 0.2) is 0 Å². The minimum Gasteiger partial charge on any atom is -0.481 e. The molecule has 3 heterocycles. The fourth-order valence-electron chi connectivity index (χ4n) is 3.45. The van der Waals surface area contributed by atoms with E-state index in [0.717, 1.165) is 22.5 Å². The Morgan fingerprint density at radius 3 is 2.92 bits per heavy atom. The van der Waals surface area contributed by atoms with Crippen LogP contribution in [-0.4, -0.2) is 37.7 Å². The van der Waals surface area contributed by atoms with E-state index in [9.17, 15) is 0 Å². The quantitative estimate of drug-likeness (QED) is 0.793. The number of methoxy groups -OCH3 is 1. The molecular formula is C18H18BrN3O2. The smallest absolute Gasteiger partial charge is 0.214 e. The van der Waals surface area contributed by atoms with Crippen molar-refractivity contribution in [3.8, 4) is 0 Å². The zero-order chi connectivity index (χ0) is 16.7. The summed E-state index contributed by atoms with van der Waals surface area (Å²) in [6, 6.07) is 8.24. The summed E-state index contributed by atoms with van der Waals surface area (Å²) in [5.41, 5.74) is 3.58. The molecule has 1 aromatic carbocycles. The van der Waals surface area contributed by atoms with Crippen LogP contribution in [0.4, 0.5) is 5.69 Å². The average molecular weight is 388 g/mol. The molecule has 0 aliphatic carbocycles. The fourth-order valence-corrected chi connectivity index (χ4v) is 3.84. The monoisotopic (exact) mass is 387 g/mol. The zero-order valence-electron chi connectivity index (χ0n) is 13.5. The molecule has 4 rings (SSSR count). The minimum absolute atomic E-state index is 0.00389. The second-order valence-corrected chi connectivity index (χ2v) is 6.67. The summed E-state index contributed by atoms with van der Waals surface area (Å²) < 4.78 is 6.54. The van der Waals surface area contributed by atoms with E-state index in [4.69, 9.17) is 14.6 Å². The van der Waals surface area contributed by atoms with Crippen LogP contribution in [0, 0.1) is 0 Å². The lowest BCUT2D eigenvalue weighted by Crippen LogP contribution is -2.48. The third-order valence-corrected chi connectivity index (χ3v) is 4.99. The van der Waals surface area contributed by atoms with Crippen LogP contribution in [0.1, 0.15) is 6.42 Å². The molecule has 0 bridgehead atoms. The molecule has 0 saturated heterocycles. The summed E-state index contributed by atoms with van der Waals surface area (Å²) in [6.07, 6.45) is 8.98. The SMILES string of the molecule is COC1=CC2=C3C(C=CN(c4cccc(Br)c4)C3N=CC2)N1OC. The van der Waals surface area contributed by atoms with E-state index in [1.54, 1.807) is 19.3 Å². The van der Waals surface area contributed by atoms with Gasteiger partial charge in [-0.2, -0.15) is 0 Å². The Hall–Kier alpha value is -2.05. The molecule has 2 atom stereocenters. The molecule has 0 fully saturated rings. The number of benzene rings is 1. The summed E-state index contributed by atoms with van der Waals surface area (Å²) in [6.45, 7) is 0. The maximum Gasteiger partial charge on any atom is 0.214 e. The van der Waals surface area contributed by atoms with Gasteiger partial charge in [0.2, 0.25) is 5.88 Å². The fraction of sp³-hybridized carbons (Fsp3) is 0.278. The van der Waals surface area contributed by atoms with E-state index in [1.165, 1.54) is 11.1 Å². The van der Waals surface area contributed by atoms with Gasteiger partial charge < -0.3 is 9.64 Å². The highest BCUT2D eigenvalue weighted by Crippen LogP contribution is 2.40. The van der Waals surface area contributed by atoms with Crippen molar-refractivity contribution >= 4 is 27.8 Å². The van der Waals surface area contributed by atoms with Crippen molar-refractivity contribution in [3.05, 3.63) is 64.1 Å². The second-order valence-electron chi connectivity index (χ2n) is 5.76. The minimum atomic E-state index is -0.0645. The number of nitrogens with zero attached hydrogens (tertiary/aromatic N) is 3. The number of dihydropyridines is 1. The van der Waals surface area contributed by atoms with Crippen LogP contribution in [0.2, 0.25) is 0 Å². The van der Waals surface area contributed by atoms with Crippen molar-refractivity contribution in [2.75, 3.05) is 19.1 Å². The van der Waals surface area contributed by atoms with Crippen molar-refractivity contribution < 1.29 is 9.57 Å². The Labute approximate surface area is 149 Å². The Bertz CT molecular complexity index is 784. The number of anilines is 1. The lowest BCUT2D eigenvalue weighted by Gasteiger charge is -2.44. The van der Waals surface area contributed by atoms with Crippen molar-refractivity contribution in [2.45, 2.75) is 18.6 Å². The summed E-state index contributed by atoms with van der Waals surface area (Å²) in [7, 11) is 3.33. The first-order valence-corrected chi connectivity index (χ1v) is 8.58. The van der Waals surface area contributed by atoms with Gasteiger partial charge in [0.05, 0.1) is 14.2 Å². The lowest BCUT2D eigenvalue weighted by atomic mass is 9.88.